The molecule has 30 heavy (non-hydrogen) atoms. The molecule has 5 heteroatoms. The predicted octanol–water partition coefficient (Wildman–Crippen LogP) is 3.77. The summed E-state index contributed by atoms with van der Waals surface area (Å²) in [6.45, 7) is 11.1. The highest BCUT2D eigenvalue weighted by atomic mass is 16.5. The summed E-state index contributed by atoms with van der Waals surface area (Å²) < 4.78 is 5.23. The zero-order valence-electron chi connectivity index (χ0n) is 19.0. The summed E-state index contributed by atoms with van der Waals surface area (Å²) in [5.74, 6) is 1.07. The molecule has 2 aromatic rings. The summed E-state index contributed by atoms with van der Waals surface area (Å²) in [6, 6.07) is 16.9. The molecule has 0 aromatic heterocycles. The summed E-state index contributed by atoms with van der Waals surface area (Å²) >= 11 is 0. The number of rotatable bonds is 6. The van der Waals surface area contributed by atoms with Gasteiger partial charge in [0.05, 0.1) is 13.7 Å². The maximum atomic E-state index is 12.8. The zero-order valence-corrected chi connectivity index (χ0v) is 19.0. The zero-order chi connectivity index (χ0) is 21.7. The van der Waals surface area contributed by atoms with Crippen LogP contribution in [0.25, 0.3) is 0 Å². The molecule has 0 aliphatic carbocycles. The smallest absolute Gasteiger partial charge is 0.236 e. The minimum absolute atomic E-state index is 0.161. The van der Waals surface area contributed by atoms with Crippen LogP contribution in [0.4, 0.5) is 5.69 Å². The van der Waals surface area contributed by atoms with Gasteiger partial charge in [-0.1, -0.05) is 45.0 Å². The molecule has 0 atom stereocenters. The molecule has 0 spiro atoms. The largest absolute Gasteiger partial charge is 0.497 e. The van der Waals surface area contributed by atoms with Crippen molar-refractivity contribution in [2.45, 2.75) is 32.7 Å². The molecular formula is C25H35N3O2. The van der Waals surface area contributed by atoms with Crippen LogP contribution in [-0.4, -0.2) is 62.6 Å². The van der Waals surface area contributed by atoms with Crippen molar-refractivity contribution >= 4 is 11.6 Å². The number of carbonyl (C=O) groups is 1. The summed E-state index contributed by atoms with van der Waals surface area (Å²) in [7, 11) is 3.69. The Morgan fingerprint density at radius 1 is 0.967 bits per heavy atom. The van der Waals surface area contributed by atoms with Crippen molar-refractivity contribution in [2.75, 3.05) is 51.8 Å². The number of benzene rings is 2. The molecule has 3 rings (SSSR count). The topological polar surface area (TPSA) is 36.0 Å². The van der Waals surface area contributed by atoms with Gasteiger partial charge in [-0.3, -0.25) is 9.69 Å². The Labute approximate surface area is 181 Å². The van der Waals surface area contributed by atoms with Crippen molar-refractivity contribution in [3.8, 4) is 5.75 Å². The Morgan fingerprint density at radius 2 is 1.57 bits per heavy atom. The highest BCUT2D eigenvalue weighted by Gasteiger charge is 2.22. The lowest BCUT2D eigenvalue weighted by Crippen LogP contribution is -2.51. The first-order chi connectivity index (χ1) is 14.3. The average Bonchev–Trinajstić information content (AvgIpc) is 2.73. The summed E-state index contributed by atoms with van der Waals surface area (Å²) in [6.07, 6.45) is 0. The highest BCUT2D eigenvalue weighted by Crippen LogP contribution is 2.23. The number of anilines is 1. The fourth-order valence-corrected chi connectivity index (χ4v) is 3.82. The molecule has 1 saturated heterocycles. The second-order valence-electron chi connectivity index (χ2n) is 9.19. The Bertz CT molecular complexity index is 817. The van der Waals surface area contributed by atoms with Crippen LogP contribution in [0.15, 0.2) is 48.5 Å². The normalized spacial score (nSPS) is 14.9. The van der Waals surface area contributed by atoms with Gasteiger partial charge in [0.15, 0.2) is 0 Å². The first kappa shape index (κ1) is 22.2. The molecule has 1 aliphatic rings. The molecule has 162 valence electrons. The van der Waals surface area contributed by atoms with E-state index in [0.29, 0.717) is 6.54 Å². The van der Waals surface area contributed by atoms with E-state index in [2.05, 4.69) is 67.0 Å². The van der Waals surface area contributed by atoms with E-state index < -0.39 is 0 Å². The van der Waals surface area contributed by atoms with Crippen molar-refractivity contribution in [3.05, 3.63) is 59.7 Å². The third kappa shape index (κ3) is 5.76. The molecule has 0 radical (unpaired) electrons. The Kier molecular flexibility index (Phi) is 7.03. The number of likely N-dealkylation sites (N-methyl/N-ethyl adjacent to an activating group) is 1. The summed E-state index contributed by atoms with van der Waals surface area (Å²) in [5, 5.41) is 0. The molecule has 2 aromatic carbocycles. The van der Waals surface area contributed by atoms with Crippen LogP contribution in [0.3, 0.4) is 0 Å². The van der Waals surface area contributed by atoms with Crippen LogP contribution in [0.2, 0.25) is 0 Å². The van der Waals surface area contributed by atoms with E-state index in [1.807, 2.05) is 24.1 Å². The monoisotopic (exact) mass is 409 g/mol. The standard InChI is InChI=1S/C25H35N3O2/c1-25(2,3)21-8-6-20(7-9-21)18-26(4)19-24(29)28-16-14-27(15-17-28)22-10-12-23(30-5)13-11-22/h6-13H,14-19H2,1-5H3. The first-order valence-corrected chi connectivity index (χ1v) is 10.7. The number of ether oxygens (including phenoxy) is 1. The Hall–Kier alpha value is -2.53. The van der Waals surface area contributed by atoms with E-state index in [-0.39, 0.29) is 11.3 Å². The molecule has 1 heterocycles. The molecule has 1 aliphatic heterocycles. The van der Waals surface area contributed by atoms with Gasteiger partial charge in [0.25, 0.3) is 0 Å². The lowest BCUT2D eigenvalue weighted by atomic mass is 9.87. The number of nitrogens with zero attached hydrogens (tertiary/aromatic N) is 3. The summed E-state index contributed by atoms with van der Waals surface area (Å²) in [5.41, 5.74) is 3.91. The lowest BCUT2D eigenvalue weighted by Gasteiger charge is -2.36. The first-order valence-electron chi connectivity index (χ1n) is 10.7. The molecule has 0 N–H and O–H groups in total. The molecule has 0 unspecified atom stereocenters. The SMILES string of the molecule is COc1ccc(N2CCN(C(=O)CN(C)Cc3ccc(C(C)(C)C)cc3)CC2)cc1. The van der Waals surface area contributed by atoms with Gasteiger partial charge in [-0.15, -0.1) is 0 Å². The maximum Gasteiger partial charge on any atom is 0.236 e. The van der Waals surface area contributed by atoms with Crippen LogP contribution in [0.5, 0.6) is 5.75 Å². The van der Waals surface area contributed by atoms with Crippen LogP contribution in [0, 0.1) is 0 Å². The molecular weight excluding hydrogens is 374 g/mol. The second kappa shape index (κ2) is 9.52. The molecule has 0 saturated carbocycles. The van der Waals surface area contributed by atoms with E-state index in [1.165, 1.54) is 16.8 Å². The van der Waals surface area contributed by atoms with Crippen LogP contribution in [0.1, 0.15) is 31.9 Å². The lowest BCUT2D eigenvalue weighted by molar-refractivity contribution is -0.132. The quantitative estimate of drug-likeness (QED) is 0.728. The minimum Gasteiger partial charge on any atom is -0.497 e. The number of carbonyl (C=O) groups excluding carboxylic acids is 1. The van der Waals surface area contributed by atoms with Gasteiger partial charge in [-0.25, -0.2) is 0 Å². The van der Waals surface area contributed by atoms with Crippen LogP contribution in [-0.2, 0) is 16.8 Å². The van der Waals surface area contributed by atoms with Crippen molar-refractivity contribution in [2.24, 2.45) is 0 Å². The fraction of sp³-hybridized carbons (Fsp3) is 0.480. The van der Waals surface area contributed by atoms with E-state index in [9.17, 15) is 4.79 Å². The van der Waals surface area contributed by atoms with E-state index in [1.54, 1.807) is 7.11 Å². The second-order valence-corrected chi connectivity index (χ2v) is 9.19. The summed E-state index contributed by atoms with van der Waals surface area (Å²) in [4.78, 5) is 19.2. The van der Waals surface area contributed by atoms with Crippen molar-refractivity contribution in [3.63, 3.8) is 0 Å². The number of methoxy groups -OCH3 is 1. The number of piperazine rings is 1. The Morgan fingerprint density at radius 3 is 2.10 bits per heavy atom. The van der Waals surface area contributed by atoms with Crippen molar-refractivity contribution in [1.82, 2.24) is 9.80 Å². The number of amides is 1. The number of hydrogen-bond donors (Lipinski definition) is 0. The van der Waals surface area contributed by atoms with Gasteiger partial charge in [-0.05, 0) is 47.9 Å². The molecule has 1 amide bonds. The third-order valence-corrected chi connectivity index (χ3v) is 5.75. The molecule has 1 fully saturated rings. The van der Waals surface area contributed by atoms with Crippen molar-refractivity contribution < 1.29 is 9.53 Å². The maximum absolute atomic E-state index is 12.8. The van der Waals surface area contributed by atoms with E-state index in [4.69, 9.17) is 4.74 Å². The third-order valence-electron chi connectivity index (χ3n) is 5.75. The molecule has 0 bridgehead atoms. The van der Waals surface area contributed by atoms with Crippen LogP contribution >= 0.6 is 0 Å². The van der Waals surface area contributed by atoms with Crippen molar-refractivity contribution in [1.29, 1.82) is 0 Å². The van der Waals surface area contributed by atoms with Crippen LogP contribution < -0.4 is 9.64 Å². The van der Waals surface area contributed by atoms with Gasteiger partial charge in [-0.2, -0.15) is 0 Å². The van der Waals surface area contributed by atoms with E-state index in [0.717, 1.165) is 38.5 Å². The van der Waals surface area contributed by atoms with E-state index >= 15 is 0 Å². The predicted molar refractivity (Wildman–Crippen MR) is 123 cm³/mol. The Balaban J connectivity index is 1.46. The van der Waals surface area contributed by atoms with Gasteiger partial charge in [0, 0.05) is 38.4 Å². The van der Waals surface area contributed by atoms with Gasteiger partial charge < -0.3 is 14.5 Å². The van der Waals surface area contributed by atoms with Gasteiger partial charge >= 0.3 is 0 Å². The fourth-order valence-electron chi connectivity index (χ4n) is 3.82. The highest BCUT2D eigenvalue weighted by molar-refractivity contribution is 5.78. The average molecular weight is 410 g/mol. The van der Waals surface area contributed by atoms with Gasteiger partial charge in [0.1, 0.15) is 5.75 Å². The molecule has 5 nitrogen and oxygen atoms in total. The number of hydrogen-bond acceptors (Lipinski definition) is 4. The minimum atomic E-state index is 0.161. The van der Waals surface area contributed by atoms with Gasteiger partial charge in [0.2, 0.25) is 5.91 Å².